The maximum absolute atomic E-state index is 13.4. The van der Waals surface area contributed by atoms with Crippen molar-refractivity contribution in [2.75, 3.05) is 11.1 Å². The molecule has 4 rings (SSSR count). The Morgan fingerprint density at radius 3 is 2.81 bits per heavy atom. The van der Waals surface area contributed by atoms with Gasteiger partial charge in [0.15, 0.2) is 6.10 Å². The van der Waals surface area contributed by atoms with Crippen LogP contribution in [0.25, 0.3) is 16.8 Å². The highest BCUT2D eigenvalue weighted by Crippen LogP contribution is 2.31. The molecule has 3 aromatic heterocycles. The number of carbonyl (C=O) groups excluding carboxylic acids is 1. The standard InChI is InChI=1S/C22H21FN6O2/c1-11-10-25-21(24)19-18(27-13(3)29(11)19)16-7-8-17(26-12(16)2)28-22(31)20(30)14-5-4-6-15(23)9-14/h4-10,20,30H,1-3H3,(H2,24,25)(H,26,28,31)/t20-/m0/s1/i3D3. The lowest BCUT2D eigenvalue weighted by Crippen LogP contribution is -2.21. The van der Waals surface area contributed by atoms with Gasteiger partial charge in [0, 0.05) is 27.3 Å². The molecule has 4 N–H and O–H groups in total. The fourth-order valence-corrected chi connectivity index (χ4v) is 3.37. The minimum absolute atomic E-state index is 0.103. The molecule has 0 aliphatic heterocycles. The van der Waals surface area contributed by atoms with Crippen LogP contribution in [-0.2, 0) is 4.79 Å². The lowest BCUT2D eigenvalue weighted by Gasteiger charge is -2.13. The SMILES string of the molecule is [2H]C([2H])([2H])c1nc(-c2ccc(NC(=O)[C@@H](O)c3cccc(F)c3)nc2C)c2c(N)ncc(C)n12. The zero-order valence-corrected chi connectivity index (χ0v) is 16.7. The second-order valence-corrected chi connectivity index (χ2v) is 7.03. The van der Waals surface area contributed by atoms with Gasteiger partial charge in [0.25, 0.3) is 5.91 Å². The Kier molecular flexibility index (Phi) is 4.23. The van der Waals surface area contributed by atoms with Crippen LogP contribution in [0.4, 0.5) is 16.0 Å². The molecule has 3 heterocycles. The van der Waals surface area contributed by atoms with E-state index < -0.39 is 24.7 Å². The minimum atomic E-state index is -2.50. The van der Waals surface area contributed by atoms with E-state index in [9.17, 15) is 14.3 Å². The first-order chi connectivity index (χ1) is 16.0. The number of halogens is 1. The van der Waals surface area contributed by atoms with E-state index >= 15 is 0 Å². The number of nitrogen functional groups attached to an aromatic ring is 1. The van der Waals surface area contributed by atoms with Gasteiger partial charge in [-0.15, -0.1) is 0 Å². The molecule has 158 valence electrons. The first kappa shape index (κ1) is 16.9. The summed E-state index contributed by atoms with van der Waals surface area (Å²) in [6, 6.07) is 8.20. The van der Waals surface area contributed by atoms with Crippen LogP contribution in [0, 0.1) is 26.5 Å². The predicted molar refractivity (Wildman–Crippen MR) is 115 cm³/mol. The topological polar surface area (TPSA) is 118 Å². The van der Waals surface area contributed by atoms with Crippen molar-refractivity contribution in [3.8, 4) is 11.3 Å². The Balaban J connectivity index is 1.71. The van der Waals surface area contributed by atoms with Crippen LogP contribution in [-0.4, -0.2) is 30.4 Å². The minimum Gasteiger partial charge on any atom is -0.382 e. The van der Waals surface area contributed by atoms with Gasteiger partial charge in [-0.2, -0.15) is 0 Å². The summed E-state index contributed by atoms with van der Waals surface area (Å²) in [7, 11) is 0. The highest BCUT2D eigenvalue weighted by molar-refractivity contribution is 5.94. The molecule has 0 aliphatic rings. The number of aryl methyl sites for hydroxylation is 3. The summed E-state index contributed by atoms with van der Waals surface area (Å²) in [6.45, 7) is 0.864. The molecule has 0 aliphatic carbocycles. The molecular formula is C22H21FN6O2. The van der Waals surface area contributed by atoms with Gasteiger partial charge in [0.05, 0.1) is 0 Å². The number of aliphatic hydroxyl groups excluding tert-OH is 1. The number of aliphatic hydroxyl groups is 1. The molecule has 0 bridgehead atoms. The number of rotatable bonds is 4. The van der Waals surface area contributed by atoms with Crippen LogP contribution >= 0.6 is 0 Å². The number of nitrogens with one attached hydrogen (secondary N) is 1. The molecule has 0 saturated carbocycles. The molecule has 1 aromatic carbocycles. The number of nitrogens with zero attached hydrogens (tertiary/aromatic N) is 4. The highest BCUT2D eigenvalue weighted by atomic mass is 19.1. The maximum atomic E-state index is 13.4. The van der Waals surface area contributed by atoms with Gasteiger partial charge in [-0.05, 0) is 50.5 Å². The number of hydrogen-bond donors (Lipinski definition) is 3. The number of amides is 1. The molecule has 1 atom stereocenters. The monoisotopic (exact) mass is 423 g/mol. The summed E-state index contributed by atoms with van der Waals surface area (Å²) in [5.74, 6) is -1.26. The fourth-order valence-electron chi connectivity index (χ4n) is 3.37. The van der Waals surface area contributed by atoms with Crippen molar-refractivity contribution < 1.29 is 18.4 Å². The Labute approximate surface area is 181 Å². The normalized spacial score (nSPS) is 14.0. The molecular weight excluding hydrogens is 399 g/mol. The van der Waals surface area contributed by atoms with Crippen molar-refractivity contribution in [3.05, 3.63) is 71.2 Å². The molecule has 0 unspecified atom stereocenters. The predicted octanol–water partition coefficient (Wildman–Crippen LogP) is 3.11. The van der Waals surface area contributed by atoms with E-state index in [1.807, 2.05) is 0 Å². The number of nitrogens with two attached hydrogens (primary N) is 1. The van der Waals surface area contributed by atoms with Gasteiger partial charge in [0.1, 0.15) is 34.5 Å². The second kappa shape index (κ2) is 7.77. The van der Waals surface area contributed by atoms with Gasteiger partial charge >= 0.3 is 0 Å². The second-order valence-electron chi connectivity index (χ2n) is 7.03. The number of fused-ring (bicyclic) bond motifs is 1. The van der Waals surface area contributed by atoms with E-state index in [2.05, 4.69) is 20.3 Å². The van der Waals surface area contributed by atoms with Gasteiger partial charge in [-0.25, -0.2) is 19.3 Å². The molecule has 0 fully saturated rings. The molecule has 4 aromatic rings. The van der Waals surface area contributed by atoms with E-state index in [1.54, 1.807) is 19.9 Å². The van der Waals surface area contributed by atoms with E-state index in [1.165, 1.54) is 34.9 Å². The average molecular weight is 423 g/mol. The quantitative estimate of drug-likeness (QED) is 0.464. The van der Waals surface area contributed by atoms with Crippen molar-refractivity contribution in [1.82, 2.24) is 19.4 Å². The van der Waals surface area contributed by atoms with E-state index in [0.29, 0.717) is 28.2 Å². The van der Waals surface area contributed by atoms with Crippen molar-refractivity contribution in [2.45, 2.75) is 26.8 Å². The van der Waals surface area contributed by atoms with Crippen LogP contribution in [0.1, 0.15) is 33.0 Å². The maximum Gasteiger partial charge on any atom is 0.258 e. The van der Waals surface area contributed by atoms with Crippen LogP contribution < -0.4 is 11.1 Å². The number of imidazole rings is 1. The molecule has 31 heavy (non-hydrogen) atoms. The smallest absolute Gasteiger partial charge is 0.258 e. The molecule has 0 radical (unpaired) electrons. The van der Waals surface area contributed by atoms with Gasteiger partial charge < -0.3 is 16.2 Å². The summed E-state index contributed by atoms with van der Waals surface area (Å²) in [4.78, 5) is 25.3. The third-order valence-corrected chi connectivity index (χ3v) is 4.87. The number of benzene rings is 1. The Morgan fingerprint density at radius 2 is 2.10 bits per heavy atom. The Hall–Kier alpha value is -3.85. The summed E-state index contributed by atoms with van der Waals surface area (Å²) >= 11 is 0. The molecule has 9 heteroatoms. The van der Waals surface area contributed by atoms with E-state index in [4.69, 9.17) is 9.85 Å². The number of aromatic nitrogens is 4. The van der Waals surface area contributed by atoms with E-state index in [-0.39, 0.29) is 23.0 Å². The van der Waals surface area contributed by atoms with Crippen molar-refractivity contribution in [1.29, 1.82) is 0 Å². The van der Waals surface area contributed by atoms with Gasteiger partial charge in [0.2, 0.25) is 0 Å². The number of hydrogen-bond acceptors (Lipinski definition) is 6. The number of anilines is 2. The summed E-state index contributed by atoms with van der Waals surface area (Å²) < 4.78 is 38.5. The van der Waals surface area contributed by atoms with Gasteiger partial charge in [-0.3, -0.25) is 9.20 Å². The first-order valence-corrected chi connectivity index (χ1v) is 9.34. The lowest BCUT2D eigenvalue weighted by atomic mass is 10.1. The van der Waals surface area contributed by atoms with Crippen molar-refractivity contribution >= 4 is 23.1 Å². The number of pyridine rings is 1. The Bertz CT molecular complexity index is 1420. The fraction of sp³-hybridized carbons (Fsp3) is 0.182. The average Bonchev–Trinajstić information content (AvgIpc) is 3.18. The summed E-state index contributed by atoms with van der Waals surface area (Å²) in [5, 5.41) is 12.7. The summed E-state index contributed by atoms with van der Waals surface area (Å²) in [6.07, 6.45) is -0.123. The molecule has 0 spiro atoms. The highest BCUT2D eigenvalue weighted by Gasteiger charge is 2.20. The van der Waals surface area contributed by atoms with Crippen LogP contribution in [0.5, 0.6) is 0 Å². The Morgan fingerprint density at radius 1 is 1.29 bits per heavy atom. The third-order valence-electron chi connectivity index (χ3n) is 4.87. The molecule has 1 amide bonds. The largest absolute Gasteiger partial charge is 0.382 e. The van der Waals surface area contributed by atoms with Crippen LogP contribution in [0.2, 0.25) is 0 Å². The van der Waals surface area contributed by atoms with Crippen LogP contribution in [0.15, 0.2) is 42.6 Å². The van der Waals surface area contributed by atoms with Crippen molar-refractivity contribution in [2.24, 2.45) is 0 Å². The van der Waals surface area contributed by atoms with Gasteiger partial charge in [-0.1, -0.05) is 12.1 Å². The zero-order chi connectivity index (χ0) is 24.8. The van der Waals surface area contributed by atoms with E-state index in [0.717, 1.165) is 6.07 Å². The molecule has 8 nitrogen and oxygen atoms in total. The number of carbonyl (C=O) groups is 1. The first-order valence-electron chi connectivity index (χ1n) is 10.8. The zero-order valence-electron chi connectivity index (χ0n) is 19.7. The molecule has 0 saturated heterocycles. The third kappa shape index (κ3) is 3.71. The summed E-state index contributed by atoms with van der Waals surface area (Å²) in [5.41, 5.74) is 8.29. The lowest BCUT2D eigenvalue weighted by molar-refractivity contribution is -0.124. The van der Waals surface area contributed by atoms with Crippen molar-refractivity contribution in [3.63, 3.8) is 0 Å². The van der Waals surface area contributed by atoms with Crippen LogP contribution in [0.3, 0.4) is 0 Å².